The lowest BCUT2D eigenvalue weighted by atomic mass is 9.92. The average molecular weight is 238 g/mol. The van der Waals surface area contributed by atoms with Crippen LogP contribution in [0.2, 0.25) is 0 Å². The number of rotatable bonds is 4. The van der Waals surface area contributed by atoms with Crippen LogP contribution in [0.4, 0.5) is 0 Å². The van der Waals surface area contributed by atoms with Crippen LogP contribution in [-0.2, 0) is 4.79 Å². The maximum atomic E-state index is 12.4. The van der Waals surface area contributed by atoms with E-state index in [4.69, 9.17) is 0 Å². The zero-order valence-electron chi connectivity index (χ0n) is 11.7. The van der Waals surface area contributed by atoms with E-state index in [0.717, 1.165) is 38.6 Å². The van der Waals surface area contributed by atoms with Crippen molar-refractivity contribution >= 4 is 5.91 Å². The second kappa shape index (κ2) is 4.27. The number of carbonyl (C=O) groups is 1. The Morgan fingerprint density at radius 3 is 2.53 bits per heavy atom. The molecule has 0 radical (unpaired) electrons. The number of carbonyl (C=O) groups excluding carboxylic acids is 1. The molecule has 2 aliphatic rings. The molecule has 3 nitrogen and oxygen atoms in total. The van der Waals surface area contributed by atoms with E-state index < -0.39 is 0 Å². The van der Waals surface area contributed by atoms with Crippen molar-refractivity contribution in [3.63, 3.8) is 0 Å². The van der Waals surface area contributed by atoms with Gasteiger partial charge in [-0.05, 0) is 31.1 Å². The molecule has 3 heteroatoms. The second-order valence-corrected chi connectivity index (χ2v) is 6.84. The third kappa shape index (κ3) is 2.65. The van der Waals surface area contributed by atoms with Gasteiger partial charge in [0.15, 0.2) is 0 Å². The molecule has 1 unspecified atom stereocenters. The molecule has 17 heavy (non-hydrogen) atoms. The Bertz CT molecular complexity index is 302. The molecule has 1 aliphatic heterocycles. The Balaban J connectivity index is 1.99. The van der Waals surface area contributed by atoms with E-state index in [0.29, 0.717) is 11.3 Å². The molecule has 1 amide bonds. The SMILES string of the molecule is CCCC1NC2(CC2)C(=O)N1CCC(C)(C)C. The highest BCUT2D eigenvalue weighted by Crippen LogP contribution is 2.43. The monoisotopic (exact) mass is 238 g/mol. The molecule has 2 fully saturated rings. The average Bonchev–Trinajstić information content (AvgIpc) is 2.92. The highest BCUT2D eigenvalue weighted by atomic mass is 16.2. The standard InChI is InChI=1S/C14H26N2O/c1-5-6-11-15-14(7-8-14)12(17)16(11)10-9-13(2,3)4/h11,15H,5-10H2,1-4H3. The van der Waals surface area contributed by atoms with Gasteiger partial charge in [-0.3, -0.25) is 10.1 Å². The van der Waals surface area contributed by atoms with Crippen LogP contribution in [0.1, 0.15) is 59.8 Å². The van der Waals surface area contributed by atoms with Crippen molar-refractivity contribution < 1.29 is 4.79 Å². The molecule has 1 saturated carbocycles. The first kappa shape index (κ1) is 12.9. The smallest absolute Gasteiger partial charge is 0.244 e. The Labute approximate surface area is 105 Å². The number of amides is 1. The predicted octanol–water partition coefficient (Wildman–Crippen LogP) is 2.51. The molecule has 2 rings (SSSR count). The third-order valence-electron chi connectivity index (χ3n) is 3.90. The summed E-state index contributed by atoms with van der Waals surface area (Å²) >= 11 is 0. The zero-order valence-corrected chi connectivity index (χ0v) is 11.7. The molecule has 98 valence electrons. The zero-order chi connectivity index (χ0) is 12.7. The fourth-order valence-corrected chi connectivity index (χ4v) is 2.57. The van der Waals surface area contributed by atoms with Crippen LogP contribution in [-0.4, -0.2) is 29.1 Å². The van der Waals surface area contributed by atoms with E-state index in [1.165, 1.54) is 0 Å². The van der Waals surface area contributed by atoms with Gasteiger partial charge in [0, 0.05) is 6.54 Å². The molecule has 0 aromatic rings. The van der Waals surface area contributed by atoms with E-state index >= 15 is 0 Å². The van der Waals surface area contributed by atoms with Crippen LogP contribution in [0.5, 0.6) is 0 Å². The minimum Gasteiger partial charge on any atom is -0.326 e. The third-order valence-corrected chi connectivity index (χ3v) is 3.90. The normalized spacial score (nSPS) is 26.9. The fourth-order valence-electron chi connectivity index (χ4n) is 2.57. The summed E-state index contributed by atoms with van der Waals surface area (Å²) in [6, 6.07) is 0. The Morgan fingerprint density at radius 1 is 1.41 bits per heavy atom. The summed E-state index contributed by atoms with van der Waals surface area (Å²) in [6.07, 6.45) is 5.66. The van der Waals surface area contributed by atoms with Crippen LogP contribution < -0.4 is 5.32 Å². The summed E-state index contributed by atoms with van der Waals surface area (Å²) in [7, 11) is 0. The summed E-state index contributed by atoms with van der Waals surface area (Å²) in [5.74, 6) is 0.361. The van der Waals surface area contributed by atoms with Crippen molar-refractivity contribution in [2.24, 2.45) is 5.41 Å². The summed E-state index contributed by atoms with van der Waals surface area (Å²) in [4.78, 5) is 14.5. The minimum atomic E-state index is -0.141. The minimum absolute atomic E-state index is 0.141. The van der Waals surface area contributed by atoms with Gasteiger partial charge in [-0.15, -0.1) is 0 Å². The highest BCUT2D eigenvalue weighted by Gasteiger charge is 2.58. The molecule has 0 bridgehead atoms. The molecular weight excluding hydrogens is 212 g/mol. The molecule has 1 saturated heterocycles. The van der Waals surface area contributed by atoms with E-state index in [9.17, 15) is 4.79 Å². The van der Waals surface area contributed by atoms with Gasteiger partial charge in [0.25, 0.3) is 0 Å². The van der Waals surface area contributed by atoms with Gasteiger partial charge in [0.2, 0.25) is 5.91 Å². The van der Waals surface area contributed by atoms with E-state index in [2.05, 4.69) is 37.9 Å². The van der Waals surface area contributed by atoms with Crippen LogP contribution in [0.3, 0.4) is 0 Å². The van der Waals surface area contributed by atoms with E-state index in [-0.39, 0.29) is 11.7 Å². The van der Waals surface area contributed by atoms with Crippen LogP contribution in [0.25, 0.3) is 0 Å². The second-order valence-electron chi connectivity index (χ2n) is 6.84. The van der Waals surface area contributed by atoms with Gasteiger partial charge in [-0.25, -0.2) is 0 Å². The lowest BCUT2D eigenvalue weighted by Gasteiger charge is -2.27. The van der Waals surface area contributed by atoms with E-state index in [1.54, 1.807) is 0 Å². The Kier molecular flexibility index (Phi) is 3.23. The topological polar surface area (TPSA) is 32.3 Å². The first-order chi connectivity index (χ1) is 7.88. The fraction of sp³-hybridized carbons (Fsp3) is 0.929. The molecule has 1 spiro atoms. The largest absolute Gasteiger partial charge is 0.326 e. The number of nitrogens with one attached hydrogen (secondary N) is 1. The lowest BCUT2D eigenvalue weighted by Crippen LogP contribution is -2.39. The van der Waals surface area contributed by atoms with Gasteiger partial charge in [-0.1, -0.05) is 34.1 Å². The van der Waals surface area contributed by atoms with Crippen LogP contribution >= 0.6 is 0 Å². The Morgan fingerprint density at radius 2 is 2.06 bits per heavy atom. The van der Waals surface area contributed by atoms with Gasteiger partial charge in [0.1, 0.15) is 0 Å². The van der Waals surface area contributed by atoms with Gasteiger partial charge in [0.05, 0.1) is 11.7 Å². The maximum Gasteiger partial charge on any atom is 0.244 e. The van der Waals surface area contributed by atoms with Crippen molar-refractivity contribution in [2.45, 2.75) is 71.5 Å². The van der Waals surface area contributed by atoms with Crippen LogP contribution in [0.15, 0.2) is 0 Å². The molecule has 0 aromatic heterocycles. The quantitative estimate of drug-likeness (QED) is 0.816. The van der Waals surface area contributed by atoms with Crippen molar-refractivity contribution in [3.05, 3.63) is 0 Å². The molecule has 1 N–H and O–H groups in total. The summed E-state index contributed by atoms with van der Waals surface area (Å²) in [6.45, 7) is 9.81. The van der Waals surface area contributed by atoms with Crippen molar-refractivity contribution in [2.75, 3.05) is 6.54 Å². The molecular formula is C14H26N2O. The first-order valence-electron chi connectivity index (χ1n) is 6.97. The van der Waals surface area contributed by atoms with Gasteiger partial charge < -0.3 is 4.90 Å². The Hall–Kier alpha value is -0.570. The molecule has 1 atom stereocenters. The molecule has 1 aliphatic carbocycles. The summed E-state index contributed by atoms with van der Waals surface area (Å²) in [5, 5.41) is 3.55. The van der Waals surface area contributed by atoms with Crippen molar-refractivity contribution in [1.29, 1.82) is 0 Å². The lowest BCUT2D eigenvalue weighted by molar-refractivity contribution is -0.131. The highest BCUT2D eigenvalue weighted by molar-refractivity contribution is 5.91. The van der Waals surface area contributed by atoms with Gasteiger partial charge in [-0.2, -0.15) is 0 Å². The maximum absolute atomic E-state index is 12.4. The first-order valence-corrected chi connectivity index (χ1v) is 6.97. The van der Waals surface area contributed by atoms with Crippen molar-refractivity contribution in [1.82, 2.24) is 10.2 Å². The summed E-state index contributed by atoms with van der Waals surface area (Å²) in [5.41, 5.74) is 0.161. The molecule has 0 aromatic carbocycles. The molecule has 1 heterocycles. The number of nitrogens with zero attached hydrogens (tertiary/aromatic N) is 1. The van der Waals surface area contributed by atoms with Crippen molar-refractivity contribution in [3.8, 4) is 0 Å². The number of hydrogen-bond acceptors (Lipinski definition) is 2. The van der Waals surface area contributed by atoms with Crippen LogP contribution in [0, 0.1) is 5.41 Å². The van der Waals surface area contributed by atoms with Gasteiger partial charge >= 0.3 is 0 Å². The summed E-state index contributed by atoms with van der Waals surface area (Å²) < 4.78 is 0. The number of hydrogen-bond donors (Lipinski definition) is 1. The predicted molar refractivity (Wildman–Crippen MR) is 69.6 cm³/mol. The van der Waals surface area contributed by atoms with E-state index in [1.807, 2.05) is 0 Å².